The van der Waals surface area contributed by atoms with E-state index in [1.165, 1.54) is 6.07 Å². The van der Waals surface area contributed by atoms with Gasteiger partial charge in [-0.25, -0.2) is 0 Å². The van der Waals surface area contributed by atoms with Crippen LogP contribution in [0.3, 0.4) is 0 Å². The summed E-state index contributed by atoms with van der Waals surface area (Å²) in [5.41, 5.74) is 5.86. The van der Waals surface area contributed by atoms with Crippen molar-refractivity contribution in [1.29, 1.82) is 0 Å². The van der Waals surface area contributed by atoms with Crippen LogP contribution in [0.4, 0.5) is 17.1 Å². The van der Waals surface area contributed by atoms with Gasteiger partial charge >= 0.3 is 0 Å². The molecule has 1 N–H and O–H groups in total. The van der Waals surface area contributed by atoms with E-state index in [-0.39, 0.29) is 29.7 Å². The number of nitrogens with zero attached hydrogens (tertiary/aromatic N) is 2. The van der Waals surface area contributed by atoms with Crippen molar-refractivity contribution in [3.63, 3.8) is 0 Å². The van der Waals surface area contributed by atoms with Crippen molar-refractivity contribution in [3.05, 3.63) is 147 Å². The molecule has 198 valence electrons. The number of benzene rings is 4. The molecule has 7 heteroatoms. The molecule has 2 atom stereocenters. The third-order valence-corrected chi connectivity index (χ3v) is 7.67. The lowest BCUT2D eigenvalue weighted by Crippen LogP contribution is -2.38. The summed E-state index contributed by atoms with van der Waals surface area (Å²) in [6, 6.07) is 30.5. The molecule has 7 nitrogen and oxygen atoms in total. The summed E-state index contributed by atoms with van der Waals surface area (Å²) in [6.45, 7) is 2.00. The number of ketones is 1. The van der Waals surface area contributed by atoms with E-state index in [9.17, 15) is 19.7 Å². The van der Waals surface area contributed by atoms with Crippen LogP contribution < -0.4 is 10.2 Å². The van der Waals surface area contributed by atoms with Crippen molar-refractivity contribution in [2.45, 2.75) is 31.7 Å². The Morgan fingerprint density at radius 3 is 2.35 bits per heavy atom. The molecule has 1 heterocycles. The van der Waals surface area contributed by atoms with Gasteiger partial charge in [0.1, 0.15) is 0 Å². The minimum atomic E-state index is -0.655. The van der Waals surface area contributed by atoms with Gasteiger partial charge in [0, 0.05) is 35.4 Å². The Labute approximate surface area is 231 Å². The molecule has 0 aromatic heterocycles. The Morgan fingerprint density at radius 2 is 1.60 bits per heavy atom. The van der Waals surface area contributed by atoms with Crippen LogP contribution in [0.2, 0.25) is 0 Å². The molecule has 0 saturated carbocycles. The van der Waals surface area contributed by atoms with E-state index in [2.05, 4.69) is 5.32 Å². The SMILES string of the molecule is Cc1ccc([C@H]2C3=C(C[C@@H](c4cccc([N+](=O)[O-])c4)CC3=O)Nc3ccccc3N2C(=O)c2ccccc2)cc1. The van der Waals surface area contributed by atoms with E-state index in [0.29, 0.717) is 23.2 Å². The van der Waals surface area contributed by atoms with Crippen LogP contribution in [-0.4, -0.2) is 16.6 Å². The molecule has 0 unspecified atom stereocenters. The number of amides is 1. The first-order chi connectivity index (χ1) is 19.4. The zero-order valence-electron chi connectivity index (χ0n) is 21.9. The minimum Gasteiger partial charge on any atom is -0.357 e. The maximum Gasteiger partial charge on any atom is 0.269 e. The van der Waals surface area contributed by atoms with Gasteiger partial charge in [0.2, 0.25) is 0 Å². The van der Waals surface area contributed by atoms with Crippen LogP contribution in [0.15, 0.2) is 114 Å². The first-order valence-electron chi connectivity index (χ1n) is 13.2. The molecule has 0 spiro atoms. The quantitative estimate of drug-likeness (QED) is 0.224. The number of nitro benzene ring substituents is 1. The Hall–Kier alpha value is -5.04. The number of nitrogens with one attached hydrogen (secondary N) is 1. The molecule has 1 aliphatic heterocycles. The third kappa shape index (κ3) is 4.56. The van der Waals surface area contributed by atoms with Gasteiger partial charge in [-0.15, -0.1) is 0 Å². The number of allylic oxidation sites excluding steroid dienone is 1. The molecular formula is C33H27N3O4. The predicted octanol–water partition coefficient (Wildman–Crippen LogP) is 7.12. The molecule has 0 radical (unpaired) electrons. The molecule has 0 saturated heterocycles. The zero-order valence-corrected chi connectivity index (χ0v) is 21.9. The summed E-state index contributed by atoms with van der Waals surface area (Å²) >= 11 is 0. The van der Waals surface area contributed by atoms with Gasteiger partial charge in [0.25, 0.3) is 11.6 Å². The Bertz CT molecular complexity index is 1660. The van der Waals surface area contributed by atoms with E-state index in [0.717, 1.165) is 28.1 Å². The van der Waals surface area contributed by atoms with Crippen LogP contribution in [0.5, 0.6) is 0 Å². The van der Waals surface area contributed by atoms with Gasteiger partial charge in [-0.05, 0) is 54.7 Å². The summed E-state index contributed by atoms with van der Waals surface area (Å²) in [6.07, 6.45) is 0.667. The monoisotopic (exact) mass is 529 g/mol. The molecule has 2 aliphatic rings. The van der Waals surface area contributed by atoms with Crippen LogP contribution in [0, 0.1) is 17.0 Å². The van der Waals surface area contributed by atoms with Gasteiger partial charge in [0.15, 0.2) is 5.78 Å². The summed E-state index contributed by atoms with van der Waals surface area (Å²) in [7, 11) is 0. The van der Waals surface area contributed by atoms with Crippen LogP contribution in [-0.2, 0) is 4.79 Å². The number of fused-ring (bicyclic) bond motifs is 1. The first kappa shape index (κ1) is 25.2. The van der Waals surface area contributed by atoms with E-state index >= 15 is 0 Å². The second-order valence-corrected chi connectivity index (χ2v) is 10.3. The molecule has 0 bridgehead atoms. The number of anilines is 2. The fourth-order valence-corrected chi connectivity index (χ4v) is 5.73. The maximum atomic E-state index is 14.2. The largest absolute Gasteiger partial charge is 0.357 e. The van der Waals surface area contributed by atoms with E-state index in [1.54, 1.807) is 29.2 Å². The lowest BCUT2D eigenvalue weighted by atomic mass is 9.78. The lowest BCUT2D eigenvalue weighted by Gasteiger charge is -2.35. The van der Waals surface area contributed by atoms with Crippen molar-refractivity contribution in [1.82, 2.24) is 0 Å². The molecular weight excluding hydrogens is 502 g/mol. The number of nitro groups is 1. The molecule has 1 amide bonds. The second kappa shape index (κ2) is 10.3. The minimum absolute atomic E-state index is 0.000983. The molecule has 40 heavy (non-hydrogen) atoms. The van der Waals surface area contributed by atoms with Crippen molar-refractivity contribution >= 4 is 28.8 Å². The van der Waals surface area contributed by atoms with Crippen molar-refractivity contribution in [2.24, 2.45) is 0 Å². The summed E-state index contributed by atoms with van der Waals surface area (Å²) in [5.74, 6) is -0.530. The number of hydrogen-bond acceptors (Lipinski definition) is 5. The average Bonchev–Trinajstić information content (AvgIpc) is 3.12. The highest BCUT2D eigenvalue weighted by molar-refractivity contribution is 6.12. The average molecular weight is 530 g/mol. The topological polar surface area (TPSA) is 92.5 Å². The van der Waals surface area contributed by atoms with Gasteiger partial charge in [-0.3, -0.25) is 24.6 Å². The van der Waals surface area contributed by atoms with Crippen molar-refractivity contribution in [3.8, 4) is 0 Å². The normalized spacial score (nSPS) is 18.3. The molecule has 4 aromatic rings. The fourth-order valence-electron chi connectivity index (χ4n) is 5.73. The highest BCUT2D eigenvalue weighted by Crippen LogP contribution is 2.48. The number of aryl methyl sites for hydroxylation is 1. The smallest absolute Gasteiger partial charge is 0.269 e. The number of para-hydroxylation sites is 2. The van der Waals surface area contributed by atoms with Crippen LogP contribution >= 0.6 is 0 Å². The summed E-state index contributed by atoms with van der Waals surface area (Å²) in [5, 5.41) is 14.9. The maximum absolute atomic E-state index is 14.2. The molecule has 1 aliphatic carbocycles. The Balaban J connectivity index is 1.54. The number of hydrogen-bond donors (Lipinski definition) is 1. The summed E-state index contributed by atoms with van der Waals surface area (Å²) < 4.78 is 0. The standard InChI is InChI=1S/C33H27N3O4/c1-21-14-16-22(17-15-21)32-31-28(19-25(20-30(31)37)24-10-7-11-26(18-24)36(39)40)34-27-12-5-6-13-29(27)35(32)33(38)23-8-3-2-4-9-23/h2-18,25,32,34H,19-20H2,1H3/t25-,32+/m1/s1. The highest BCUT2D eigenvalue weighted by Gasteiger charge is 2.42. The van der Waals surface area contributed by atoms with E-state index in [1.807, 2.05) is 79.7 Å². The number of carbonyl (C=O) groups excluding carboxylic acids is 2. The van der Waals surface area contributed by atoms with Crippen molar-refractivity contribution < 1.29 is 14.5 Å². The fraction of sp³-hybridized carbons (Fsp3) is 0.152. The van der Waals surface area contributed by atoms with Crippen LogP contribution in [0.25, 0.3) is 0 Å². The third-order valence-electron chi connectivity index (χ3n) is 7.67. The number of rotatable bonds is 4. The number of Topliss-reactive ketones (excluding diaryl/α,β-unsaturated/α-hetero) is 1. The number of non-ortho nitro benzene ring substituents is 1. The highest BCUT2D eigenvalue weighted by atomic mass is 16.6. The predicted molar refractivity (Wildman–Crippen MR) is 154 cm³/mol. The zero-order chi connectivity index (χ0) is 27.8. The van der Waals surface area contributed by atoms with Crippen molar-refractivity contribution in [2.75, 3.05) is 10.2 Å². The Morgan fingerprint density at radius 1 is 0.875 bits per heavy atom. The number of carbonyl (C=O) groups is 2. The molecule has 4 aromatic carbocycles. The van der Waals surface area contributed by atoms with Gasteiger partial charge in [-0.2, -0.15) is 0 Å². The Kier molecular flexibility index (Phi) is 6.48. The first-order valence-corrected chi connectivity index (χ1v) is 13.2. The van der Waals surface area contributed by atoms with Gasteiger partial charge < -0.3 is 5.32 Å². The van der Waals surface area contributed by atoms with Gasteiger partial charge in [0.05, 0.1) is 22.3 Å². The van der Waals surface area contributed by atoms with Gasteiger partial charge in [-0.1, -0.05) is 72.3 Å². The van der Waals surface area contributed by atoms with E-state index < -0.39 is 11.0 Å². The summed E-state index contributed by atoms with van der Waals surface area (Å²) in [4.78, 5) is 41.1. The molecule has 0 fully saturated rings. The van der Waals surface area contributed by atoms with Crippen LogP contribution in [0.1, 0.15) is 51.8 Å². The second-order valence-electron chi connectivity index (χ2n) is 10.3. The van der Waals surface area contributed by atoms with E-state index in [4.69, 9.17) is 0 Å². The molecule has 6 rings (SSSR count). The lowest BCUT2D eigenvalue weighted by molar-refractivity contribution is -0.384.